The lowest BCUT2D eigenvalue weighted by Crippen LogP contribution is -2.45. The highest BCUT2D eigenvalue weighted by atomic mass is 16.2. The van der Waals surface area contributed by atoms with Gasteiger partial charge in [-0.1, -0.05) is 6.92 Å². The van der Waals surface area contributed by atoms with Gasteiger partial charge < -0.3 is 10.2 Å². The molecule has 0 aromatic rings. The maximum atomic E-state index is 11.7. The number of nitrogens with zero attached hydrogens (tertiary/aromatic N) is 2. The third-order valence-electron chi connectivity index (χ3n) is 2.72. The van der Waals surface area contributed by atoms with Gasteiger partial charge in [-0.05, 0) is 25.7 Å². The molecule has 4 heteroatoms. The van der Waals surface area contributed by atoms with Crippen molar-refractivity contribution in [2.24, 2.45) is 11.8 Å². The molecule has 0 aromatic heterocycles. The van der Waals surface area contributed by atoms with Crippen LogP contribution >= 0.6 is 0 Å². The molecule has 2 amide bonds. The second-order valence-electron chi connectivity index (χ2n) is 4.41. The van der Waals surface area contributed by atoms with E-state index >= 15 is 0 Å². The van der Waals surface area contributed by atoms with E-state index in [1.807, 2.05) is 4.90 Å². The zero-order valence-electron chi connectivity index (χ0n) is 9.49. The first kappa shape index (κ1) is 11.8. The van der Waals surface area contributed by atoms with E-state index in [1.54, 1.807) is 6.92 Å². The Kier molecular flexibility index (Phi) is 4.41. The van der Waals surface area contributed by atoms with Gasteiger partial charge in [0.25, 0.3) is 0 Å². The number of nitrogens with one attached hydrogen (secondary N) is 1. The van der Waals surface area contributed by atoms with Crippen molar-refractivity contribution in [1.82, 2.24) is 10.2 Å². The fourth-order valence-electron chi connectivity index (χ4n) is 1.77. The lowest BCUT2D eigenvalue weighted by Gasteiger charge is -2.31. The van der Waals surface area contributed by atoms with Crippen LogP contribution in [0, 0.1) is 23.2 Å². The Labute approximate surface area is 91.2 Å². The minimum Gasteiger partial charge on any atom is -0.337 e. The van der Waals surface area contributed by atoms with Crippen LogP contribution in [0.25, 0.3) is 0 Å². The number of carbonyl (C=O) groups is 1. The summed E-state index contributed by atoms with van der Waals surface area (Å²) in [6.07, 6.45) is 2.29. The Bertz CT molecular complexity index is 259. The molecule has 84 valence electrons. The van der Waals surface area contributed by atoms with Gasteiger partial charge in [0.2, 0.25) is 0 Å². The van der Waals surface area contributed by atoms with Gasteiger partial charge in [-0.2, -0.15) is 5.26 Å². The highest BCUT2D eigenvalue weighted by molar-refractivity contribution is 5.74. The normalized spacial score (nSPS) is 23.0. The van der Waals surface area contributed by atoms with E-state index in [1.165, 1.54) is 6.42 Å². The topological polar surface area (TPSA) is 56.1 Å². The number of likely N-dealkylation sites (tertiary alicyclic amines) is 1. The minimum absolute atomic E-state index is 0.0244. The summed E-state index contributed by atoms with van der Waals surface area (Å²) in [7, 11) is 0. The van der Waals surface area contributed by atoms with Gasteiger partial charge >= 0.3 is 6.03 Å². The predicted octanol–water partition coefficient (Wildman–Crippen LogP) is 1.59. The zero-order chi connectivity index (χ0) is 11.3. The number of urea groups is 1. The van der Waals surface area contributed by atoms with Crippen LogP contribution in [0.3, 0.4) is 0 Å². The first-order valence-corrected chi connectivity index (χ1v) is 5.56. The summed E-state index contributed by atoms with van der Waals surface area (Å²) < 4.78 is 0. The molecule has 0 saturated carbocycles. The van der Waals surface area contributed by atoms with Crippen molar-refractivity contribution in [3.05, 3.63) is 0 Å². The number of hydrogen-bond donors (Lipinski definition) is 1. The Morgan fingerprint density at radius 3 is 3.07 bits per heavy atom. The average Bonchev–Trinajstić information content (AvgIpc) is 2.25. The monoisotopic (exact) mass is 209 g/mol. The van der Waals surface area contributed by atoms with Crippen LogP contribution in [0.15, 0.2) is 0 Å². The van der Waals surface area contributed by atoms with E-state index in [-0.39, 0.29) is 11.9 Å². The average molecular weight is 209 g/mol. The van der Waals surface area contributed by atoms with Crippen molar-refractivity contribution in [3.8, 4) is 6.07 Å². The molecule has 4 nitrogen and oxygen atoms in total. The van der Waals surface area contributed by atoms with E-state index in [0.29, 0.717) is 12.5 Å². The molecule has 0 spiro atoms. The molecule has 1 N–H and O–H groups in total. The molecule has 1 aliphatic heterocycles. The Morgan fingerprint density at radius 1 is 1.73 bits per heavy atom. The van der Waals surface area contributed by atoms with Crippen molar-refractivity contribution < 1.29 is 4.79 Å². The Balaban J connectivity index is 2.30. The van der Waals surface area contributed by atoms with Gasteiger partial charge in [-0.3, -0.25) is 0 Å². The van der Waals surface area contributed by atoms with E-state index in [2.05, 4.69) is 18.3 Å². The summed E-state index contributed by atoms with van der Waals surface area (Å²) in [5.74, 6) is 0.481. The van der Waals surface area contributed by atoms with Crippen LogP contribution in [-0.4, -0.2) is 30.6 Å². The fraction of sp³-hybridized carbons (Fsp3) is 0.818. The standard InChI is InChI=1S/C11H19N3O/c1-9-4-3-5-14(8-9)11(15)13-7-10(2)6-12/h9-10H,3-5,7-8H2,1-2H3,(H,13,15). The second kappa shape index (κ2) is 5.59. The van der Waals surface area contributed by atoms with E-state index in [9.17, 15) is 4.79 Å². The van der Waals surface area contributed by atoms with Crippen molar-refractivity contribution in [2.45, 2.75) is 26.7 Å². The largest absolute Gasteiger partial charge is 0.337 e. The maximum Gasteiger partial charge on any atom is 0.317 e. The molecule has 0 bridgehead atoms. The molecule has 2 unspecified atom stereocenters. The lowest BCUT2D eigenvalue weighted by atomic mass is 10.0. The van der Waals surface area contributed by atoms with Gasteiger partial charge in [-0.25, -0.2) is 4.79 Å². The van der Waals surface area contributed by atoms with Gasteiger partial charge in [0.15, 0.2) is 0 Å². The molecule has 15 heavy (non-hydrogen) atoms. The van der Waals surface area contributed by atoms with Crippen LogP contribution < -0.4 is 5.32 Å². The molecule has 1 aliphatic rings. The molecule has 1 fully saturated rings. The number of rotatable bonds is 2. The van der Waals surface area contributed by atoms with Crippen LogP contribution in [0.2, 0.25) is 0 Å². The quantitative estimate of drug-likeness (QED) is 0.750. The number of carbonyl (C=O) groups excluding carboxylic acids is 1. The molecule has 0 aromatic carbocycles. The summed E-state index contributed by atoms with van der Waals surface area (Å²) in [5.41, 5.74) is 0. The van der Waals surface area contributed by atoms with Gasteiger partial charge in [0.1, 0.15) is 0 Å². The fourth-order valence-corrected chi connectivity index (χ4v) is 1.77. The molecule has 0 aliphatic carbocycles. The van der Waals surface area contributed by atoms with Crippen molar-refractivity contribution in [2.75, 3.05) is 19.6 Å². The summed E-state index contributed by atoms with van der Waals surface area (Å²) in [5, 5.41) is 11.4. The number of piperidine rings is 1. The molecule has 2 atom stereocenters. The highest BCUT2D eigenvalue weighted by Crippen LogP contribution is 2.15. The summed E-state index contributed by atoms with van der Waals surface area (Å²) >= 11 is 0. The molecule has 1 saturated heterocycles. The number of amides is 2. The van der Waals surface area contributed by atoms with Gasteiger partial charge in [-0.15, -0.1) is 0 Å². The minimum atomic E-state index is -0.115. The summed E-state index contributed by atoms with van der Waals surface area (Å²) in [6.45, 7) is 6.10. The van der Waals surface area contributed by atoms with Crippen LogP contribution in [0.5, 0.6) is 0 Å². The Hall–Kier alpha value is -1.24. The van der Waals surface area contributed by atoms with E-state index in [4.69, 9.17) is 5.26 Å². The van der Waals surface area contributed by atoms with Crippen molar-refractivity contribution in [1.29, 1.82) is 5.26 Å². The number of nitriles is 1. The van der Waals surface area contributed by atoms with Crippen molar-refractivity contribution >= 4 is 6.03 Å². The van der Waals surface area contributed by atoms with Gasteiger partial charge in [0.05, 0.1) is 12.0 Å². The number of hydrogen-bond acceptors (Lipinski definition) is 2. The lowest BCUT2D eigenvalue weighted by molar-refractivity contribution is 0.169. The zero-order valence-corrected chi connectivity index (χ0v) is 9.49. The smallest absolute Gasteiger partial charge is 0.317 e. The first-order valence-electron chi connectivity index (χ1n) is 5.56. The molecule has 1 heterocycles. The van der Waals surface area contributed by atoms with Crippen molar-refractivity contribution in [3.63, 3.8) is 0 Å². The third-order valence-corrected chi connectivity index (χ3v) is 2.72. The highest BCUT2D eigenvalue weighted by Gasteiger charge is 2.20. The first-order chi connectivity index (χ1) is 7.13. The van der Waals surface area contributed by atoms with E-state index < -0.39 is 0 Å². The third kappa shape index (κ3) is 3.78. The van der Waals surface area contributed by atoms with Gasteiger partial charge in [0, 0.05) is 19.6 Å². The molecule has 0 radical (unpaired) electrons. The SMILES string of the molecule is CC(C#N)CNC(=O)N1CCCC(C)C1. The maximum absolute atomic E-state index is 11.7. The van der Waals surface area contributed by atoms with E-state index in [0.717, 1.165) is 19.5 Å². The predicted molar refractivity (Wildman–Crippen MR) is 58.1 cm³/mol. The summed E-state index contributed by atoms with van der Waals surface area (Å²) in [6, 6.07) is 2.07. The van der Waals surface area contributed by atoms with Crippen LogP contribution in [0.1, 0.15) is 26.7 Å². The second-order valence-corrected chi connectivity index (χ2v) is 4.41. The Morgan fingerprint density at radius 2 is 2.47 bits per heavy atom. The van der Waals surface area contributed by atoms with Crippen LogP contribution in [0.4, 0.5) is 4.79 Å². The molecular formula is C11H19N3O. The molecular weight excluding hydrogens is 190 g/mol. The summed E-state index contributed by atoms with van der Waals surface area (Å²) in [4.78, 5) is 13.5. The van der Waals surface area contributed by atoms with Crippen LogP contribution in [-0.2, 0) is 0 Å². The molecule has 1 rings (SSSR count).